The molecular formula is C18H14F3N5O4. The van der Waals surface area contributed by atoms with Gasteiger partial charge in [-0.3, -0.25) is 4.79 Å². The molecule has 9 nitrogen and oxygen atoms in total. The highest BCUT2D eigenvalue weighted by Gasteiger charge is 2.32. The lowest BCUT2D eigenvalue weighted by molar-refractivity contribution is -0.274. The van der Waals surface area contributed by atoms with Crippen LogP contribution in [0.25, 0.3) is 5.69 Å². The standard InChI is InChI=1S/C18H14F3N5O4/c19-18(20,21)30-15-4-2-1-3-13(15)9-22-16(27)10-29-17(28)12-5-7-14(8-6-12)26-11-23-24-25-26/h1-8,11H,9-10H2,(H,22,27). The van der Waals surface area contributed by atoms with E-state index < -0.39 is 30.6 Å². The molecule has 12 heteroatoms. The van der Waals surface area contributed by atoms with Gasteiger partial charge in [0, 0.05) is 12.1 Å². The van der Waals surface area contributed by atoms with Crippen LogP contribution in [0.2, 0.25) is 0 Å². The van der Waals surface area contributed by atoms with Gasteiger partial charge in [-0.2, -0.15) is 0 Å². The van der Waals surface area contributed by atoms with E-state index in [-0.39, 0.29) is 17.7 Å². The SMILES string of the molecule is O=C(COC(=O)c1ccc(-n2cnnn2)cc1)NCc1ccccc1OC(F)(F)F. The van der Waals surface area contributed by atoms with Crippen molar-refractivity contribution in [3.8, 4) is 11.4 Å². The first-order chi connectivity index (χ1) is 14.3. The molecule has 1 N–H and O–H groups in total. The second-order valence-electron chi connectivity index (χ2n) is 5.81. The summed E-state index contributed by atoms with van der Waals surface area (Å²) in [7, 11) is 0. The summed E-state index contributed by atoms with van der Waals surface area (Å²) in [6, 6.07) is 11.5. The number of alkyl halides is 3. The zero-order valence-electron chi connectivity index (χ0n) is 15.2. The molecule has 0 radical (unpaired) electrons. The molecule has 0 atom stereocenters. The highest BCUT2D eigenvalue weighted by Crippen LogP contribution is 2.26. The van der Waals surface area contributed by atoms with Crippen molar-refractivity contribution in [3.63, 3.8) is 0 Å². The lowest BCUT2D eigenvalue weighted by Gasteiger charge is -2.13. The average molecular weight is 421 g/mol. The van der Waals surface area contributed by atoms with E-state index in [1.54, 1.807) is 12.1 Å². The van der Waals surface area contributed by atoms with E-state index in [1.807, 2.05) is 0 Å². The molecule has 0 aliphatic heterocycles. The molecule has 0 aliphatic rings. The number of benzene rings is 2. The number of rotatable bonds is 7. The maximum atomic E-state index is 12.4. The topological polar surface area (TPSA) is 108 Å². The summed E-state index contributed by atoms with van der Waals surface area (Å²) >= 11 is 0. The van der Waals surface area contributed by atoms with Gasteiger partial charge in [0.15, 0.2) is 6.61 Å². The highest BCUT2D eigenvalue weighted by atomic mass is 19.4. The number of amides is 1. The third-order valence-electron chi connectivity index (χ3n) is 3.73. The molecule has 30 heavy (non-hydrogen) atoms. The number of para-hydroxylation sites is 1. The van der Waals surface area contributed by atoms with Gasteiger partial charge < -0.3 is 14.8 Å². The number of tetrazole rings is 1. The smallest absolute Gasteiger partial charge is 0.452 e. The largest absolute Gasteiger partial charge is 0.573 e. The highest BCUT2D eigenvalue weighted by molar-refractivity contribution is 5.91. The molecule has 0 unspecified atom stereocenters. The van der Waals surface area contributed by atoms with Crippen molar-refractivity contribution in [1.82, 2.24) is 25.5 Å². The molecule has 156 valence electrons. The number of nitrogens with one attached hydrogen (secondary N) is 1. The van der Waals surface area contributed by atoms with Crippen LogP contribution in [0.4, 0.5) is 13.2 Å². The molecular weight excluding hydrogens is 407 g/mol. The van der Waals surface area contributed by atoms with Crippen LogP contribution in [0.15, 0.2) is 54.9 Å². The Labute approximate surface area is 167 Å². The number of hydrogen-bond donors (Lipinski definition) is 1. The number of carbonyl (C=O) groups is 2. The minimum Gasteiger partial charge on any atom is -0.452 e. The molecule has 3 rings (SSSR count). The lowest BCUT2D eigenvalue weighted by Crippen LogP contribution is -2.29. The van der Waals surface area contributed by atoms with Crippen LogP contribution in [0, 0.1) is 0 Å². The van der Waals surface area contributed by atoms with E-state index in [1.165, 1.54) is 41.3 Å². The van der Waals surface area contributed by atoms with Gasteiger partial charge in [0.2, 0.25) is 0 Å². The zero-order valence-corrected chi connectivity index (χ0v) is 15.2. The number of nitrogens with zero attached hydrogens (tertiary/aromatic N) is 4. The maximum absolute atomic E-state index is 12.4. The molecule has 0 saturated carbocycles. The molecule has 0 aliphatic carbocycles. The molecule has 0 fully saturated rings. The maximum Gasteiger partial charge on any atom is 0.573 e. The fourth-order valence-corrected chi connectivity index (χ4v) is 2.36. The third kappa shape index (κ3) is 5.77. The number of hydrogen-bond acceptors (Lipinski definition) is 7. The van der Waals surface area contributed by atoms with E-state index in [4.69, 9.17) is 4.74 Å². The first-order valence-corrected chi connectivity index (χ1v) is 8.43. The molecule has 0 bridgehead atoms. The quantitative estimate of drug-likeness (QED) is 0.582. The van der Waals surface area contributed by atoms with Gasteiger partial charge in [-0.15, -0.1) is 18.3 Å². The molecule has 0 spiro atoms. The second-order valence-corrected chi connectivity index (χ2v) is 5.81. The minimum absolute atomic E-state index is 0.118. The van der Waals surface area contributed by atoms with Crippen molar-refractivity contribution in [1.29, 1.82) is 0 Å². The van der Waals surface area contributed by atoms with Crippen LogP contribution >= 0.6 is 0 Å². The number of carbonyl (C=O) groups excluding carboxylic acids is 2. The molecule has 0 saturated heterocycles. The molecule has 3 aromatic rings. The minimum atomic E-state index is -4.85. The van der Waals surface area contributed by atoms with Crippen LogP contribution in [0.1, 0.15) is 15.9 Å². The Balaban J connectivity index is 1.50. The van der Waals surface area contributed by atoms with E-state index in [0.29, 0.717) is 5.69 Å². The summed E-state index contributed by atoms with van der Waals surface area (Å²) in [5.41, 5.74) is 0.935. The van der Waals surface area contributed by atoms with Crippen molar-refractivity contribution < 1.29 is 32.2 Å². The molecule has 2 aromatic carbocycles. The van der Waals surface area contributed by atoms with Gasteiger partial charge in [0.25, 0.3) is 5.91 Å². The number of halogens is 3. The van der Waals surface area contributed by atoms with Gasteiger partial charge >= 0.3 is 12.3 Å². The Kier molecular flexibility index (Phi) is 6.25. The Morgan fingerprint density at radius 3 is 2.47 bits per heavy atom. The van der Waals surface area contributed by atoms with Crippen molar-refractivity contribution in [2.24, 2.45) is 0 Å². The summed E-state index contributed by atoms with van der Waals surface area (Å²) in [6.07, 6.45) is -3.47. The summed E-state index contributed by atoms with van der Waals surface area (Å²) in [5.74, 6) is -1.85. The Morgan fingerprint density at radius 1 is 1.07 bits per heavy atom. The van der Waals surface area contributed by atoms with Gasteiger partial charge in [0.05, 0.1) is 11.3 Å². The summed E-state index contributed by atoms with van der Waals surface area (Å²) in [4.78, 5) is 23.9. The van der Waals surface area contributed by atoms with Crippen LogP contribution < -0.4 is 10.1 Å². The summed E-state index contributed by atoms with van der Waals surface area (Å²) in [6.45, 7) is -0.834. The fraction of sp³-hybridized carbons (Fsp3) is 0.167. The number of esters is 1. The van der Waals surface area contributed by atoms with Crippen molar-refractivity contribution in [3.05, 3.63) is 66.0 Å². The molecule has 1 amide bonds. The summed E-state index contributed by atoms with van der Waals surface area (Å²) in [5, 5.41) is 13.1. The van der Waals surface area contributed by atoms with Crippen molar-refractivity contribution >= 4 is 11.9 Å². The first kappa shape index (κ1) is 20.8. The normalized spacial score (nSPS) is 11.0. The third-order valence-corrected chi connectivity index (χ3v) is 3.73. The number of ether oxygens (including phenoxy) is 2. The van der Waals surface area contributed by atoms with E-state index in [9.17, 15) is 22.8 Å². The predicted molar refractivity (Wildman–Crippen MR) is 94.4 cm³/mol. The number of aromatic nitrogens is 4. The predicted octanol–water partition coefficient (Wildman–Crippen LogP) is 2.03. The van der Waals surface area contributed by atoms with Gasteiger partial charge in [0.1, 0.15) is 12.1 Å². The Morgan fingerprint density at radius 2 is 1.80 bits per heavy atom. The van der Waals surface area contributed by atoms with Crippen LogP contribution in [-0.2, 0) is 16.1 Å². The van der Waals surface area contributed by atoms with Gasteiger partial charge in [-0.05, 0) is 40.8 Å². The van der Waals surface area contributed by atoms with Crippen LogP contribution in [0.5, 0.6) is 5.75 Å². The summed E-state index contributed by atoms with van der Waals surface area (Å²) < 4.78 is 47.5. The van der Waals surface area contributed by atoms with E-state index in [2.05, 4.69) is 25.6 Å². The fourth-order valence-electron chi connectivity index (χ4n) is 2.36. The van der Waals surface area contributed by atoms with Crippen LogP contribution in [0.3, 0.4) is 0 Å². The first-order valence-electron chi connectivity index (χ1n) is 8.43. The van der Waals surface area contributed by atoms with E-state index >= 15 is 0 Å². The Hall–Kier alpha value is -3.96. The monoisotopic (exact) mass is 421 g/mol. The molecule has 1 aromatic heterocycles. The second kappa shape index (κ2) is 9.03. The Bertz CT molecular complexity index is 1010. The zero-order chi connectivity index (χ0) is 21.6. The molecule has 1 heterocycles. The van der Waals surface area contributed by atoms with Crippen molar-refractivity contribution in [2.45, 2.75) is 12.9 Å². The lowest BCUT2D eigenvalue weighted by atomic mass is 10.2. The van der Waals surface area contributed by atoms with Gasteiger partial charge in [-0.1, -0.05) is 18.2 Å². The van der Waals surface area contributed by atoms with Gasteiger partial charge in [-0.25, -0.2) is 9.48 Å². The average Bonchev–Trinajstić information content (AvgIpc) is 3.25. The van der Waals surface area contributed by atoms with Crippen molar-refractivity contribution in [2.75, 3.05) is 6.61 Å². The van der Waals surface area contributed by atoms with Crippen LogP contribution in [-0.4, -0.2) is 45.1 Å². The van der Waals surface area contributed by atoms with E-state index in [0.717, 1.165) is 6.07 Å².